The van der Waals surface area contributed by atoms with E-state index in [0.29, 0.717) is 5.56 Å². The van der Waals surface area contributed by atoms with E-state index < -0.39 is 4.92 Å². The SMILES string of the molecule is CC(N)c1cc(F)ccc1Sc1ccc([N+](=O)[O-])cc1. The number of nitro benzene ring substituents is 1. The Bertz CT molecular complexity index is 630. The van der Waals surface area contributed by atoms with Crippen LogP contribution < -0.4 is 5.73 Å². The second-order valence-electron chi connectivity index (χ2n) is 4.32. The van der Waals surface area contributed by atoms with Crippen LogP contribution in [0.4, 0.5) is 10.1 Å². The summed E-state index contributed by atoms with van der Waals surface area (Å²) in [5.41, 5.74) is 6.59. The predicted octanol–water partition coefficient (Wildman–Crippen LogP) is 3.90. The maximum Gasteiger partial charge on any atom is 0.269 e. The van der Waals surface area contributed by atoms with Gasteiger partial charge in [-0.25, -0.2) is 4.39 Å². The van der Waals surface area contributed by atoms with Crippen LogP contribution in [0.2, 0.25) is 0 Å². The van der Waals surface area contributed by atoms with Gasteiger partial charge in [0.05, 0.1) is 4.92 Å². The molecule has 0 spiro atoms. The number of rotatable bonds is 4. The number of nitrogens with zero attached hydrogens (tertiary/aromatic N) is 1. The van der Waals surface area contributed by atoms with Crippen LogP contribution in [0, 0.1) is 15.9 Å². The Morgan fingerprint density at radius 2 is 1.90 bits per heavy atom. The van der Waals surface area contributed by atoms with Crippen LogP contribution in [-0.2, 0) is 0 Å². The van der Waals surface area contributed by atoms with E-state index in [1.54, 1.807) is 25.1 Å². The Morgan fingerprint density at radius 3 is 2.45 bits per heavy atom. The lowest BCUT2D eigenvalue weighted by Gasteiger charge is -2.12. The molecule has 0 heterocycles. The van der Waals surface area contributed by atoms with Crippen LogP contribution in [-0.4, -0.2) is 4.92 Å². The number of benzene rings is 2. The first-order chi connectivity index (χ1) is 9.47. The summed E-state index contributed by atoms with van der Waals surface area (Å²) in [4.78, 5) is 11.8. The van der Waals surface area contributed by atoms with E-state index in [-0.39, 0.29) is 17.5 Å². The zero-order valence-electron chi connectivity index (χ0n) is 10.7. The molecule has 2 aromatic rings. The second kappa shape index (κ2) is 6.02. The van der Waals surface area contributed by atoms with Crippen LogP contribution in [0.1, 0.15) is 18.5 Å². The molecule has 1 unspecified atom stereocenters. The van der Waals surface area contributed by atoms with E-state index in [4.69, 9.17) is 5.73 Å². The summed E-state index contributed by atoms with van der Waals surface area (Å²) in [5, 5.41) is 10.6. The highest BCUT2D eigenvalue weighted by atomic mass is 32.2. The van der Waals surface area contributed by atoms with E-state index in [1.807, 2.05) is 0 Å². The Labute approximate surface area is 119 Å². The highest BCUT2D eigenvalue weighted by Gasteiger charge is 2.11. The van der Waals surface area contributed by atoms with Crippen molar-refractivity contribution in [2.75, 3.05) is 0 Å². The number of hydrogen-bond acceptors (Lipinski definition) is 4. The minimum absolute atomic E-state index is 0.0425. The molecule has 0 aliphatic rings. The zero-order valence-corrected chi connectivity index (χ0v) is 11.6. The minimum Gasteiger partial charge on any atom is -0.324 e. The molecule has 0 aromatic heterocycles. The van der Waals surface area contributed by atoms with Crippen LogP contribution in [0.3, 0.4) is 0 Å². The van der Waals surface area contributed by atoms with Gasteiger partial charge >= 0.3 is 0 Å². The van der Waals surface area contributed by atoms with Gasteiger partial charge in [-0.2, -0.15) is 0 Å². The van der Waals surface area contributed by atoms with Crippen LogP contribution in [0.25, 0.3) is 0 Å². The molecular formula is C14H13FN2O2S. The van der Waals surface area contributed by atoms with Gasteiger partial charge in [0.15, 0.2) is 0 Å². The van der Waals surface area contributed by atoms with E-state index in [0.717, 1.165) is 9.79 Å². The third-order valence-corrected chi connectivity index (χ3v) is 3.84. The van der Waals surface area contributed by atoms with E-state index in [2.05, 4.69) is 0 Å². The molecule has 0 aliphatic heterocycles. The van der Waals surface area contributed by atoms with Crippen LogP contribution in [0.15, 0.2) is 52.3 Å². The Kier molecular flexibility index (Phi) is 4.36. The van der Waals surface area contributed by atoms with Crippen molar-refractivity contribution in [3.63, 3.8) is 0 Å². The molecular weight excluding hydrogens is 279 g/mol. The summed E-state index contributed by atoms with van der Waals surface area (Å²) in [6, 6.07) is 10.4. The average molecular weight is 292 g/mol. The lowest BCUT2D eigenvalue weighted by Crippen LogP contribution is -2.06. The van der Waals surface area contributed by atoms with Crippen molar-refractivity contribution < 1.29 is 9.31 Å². The summed E-state index contributed by atoms with van der Waals surface area (Å²) in [5.74, 6) is -0.328. The summed E-state index contributed by atoms with van der Waals surface area (Å²) in [6.45, 7) is 1.79. The average Bonchev–Trinajstić information content (AvgIpc) is 2.41. The van der Waals surface area contributed by atoms with E-state index in [1.165, 1.54) is 36.0 Å². The largest absolute Gasteiger partial charge is 0.324 e. The molecule has 6 heteroatoms. The quantitative estimate of drug-likeness (QED) is 0.685. The molecule has 0 saturated heterocycles. The van der Waals surface area contributed by atoms with Gasteiger partial charge in [0.1, 0.15) is 5.82 Å². The van der Waals surface area contributed by atoms with Crippen molar-refractivity contribution in [2.45, 2.75) is 22.8 Å². The number of non-ortho nitro benzene ring substituents is 1. The smallest absolute Gasteiger partial charge is 0.269 e. The van der Waals surface area contributed by atoms with Crippen LogP contribution >= 0.6 is 11.8 Å². The van der Waals surface area contributed by atoms with E-state index in [9.17, 15) is 14.5 Å². The first kappa shape index (κ1) is 14.5. The lowest BCUT2D eigenvalue weighted by molar-refractivity contribution is -0.384. The molecule has 2 N–H and O–H groups in total. The van der Waals surface area contributed by atoms with Gasteiger partial charge in [-0.15, -0.1) is 0 Å². The van der Waals surface area contributed by atoms with Crippen molar-refractivity contribution in [1.29, 1.82) is 0 Å². The minimum atomic E-state index is -0.445. The highest BCUT2D eigenvalue weighted by molar-refractivity contribution is 7.99. The first-order valence-electron chi connectivity index (χ1n) is 5.94. The molecule has 104 valence electrons. The number of halogens is 1. The first-order valence-corrected chi connectivity index (χ1v) is 6.76. The summed E-state index contributed by atoms with van der Waals surface area (Å²) in [6.07, 6.45) is 0. The Morgan fingerprint density at radius 1 is 1.25 bits per heavy atom. The fourth-order valence-corrected chi connectivity index (χ4v) is 2.76. The second-order valence-corrected chi connectivity index (χ2v) is 5.44. The van der Waals surface area contributed by atoms with Gasteiger partial charge in [-0.05, 0) is 42.8 Å². The molecule has 1 atom stereocenters. The third-order valence-electron chi connectivity index (χ3n) is 2.74. The fraction of sp³-hybridized carbons (Fsp3) is 0.143. The van der Waals surface area contributed by atoms with Crippen molar-refractivity contribution in [3.8, 4) is 0 Å². The molecule has 20 heavy (non-hydrogen) atoms. The lowest BCUT2D eigenvalue weighted by atomic mass is 10.1. The van der Waals surface area contributed by atoms with Crippen molar-refractivity contribution in [3.05, 3.63) is 64.0 Å². The van der Waals surface area contributed by atoms with Crippen molar-refractivity contribution in [1.82, 2.24) is 0 Å². The number of hydrogen-bond donors (Lipinski definition) is 1. The van der Waals surface area contributed by atoms with Crippen LogP contribution in [0.5, 0.6) is 0 Å². The molecule has 2 aromatic carbocycles. The normalized spacial score (nSPS) is 12.2. The molecule has 0 saturated carbocycles. The molecule has 2 rings (SSSR count). The zero-order chi connectivity index (χ0) is 14.7. The predicted molar refractivity (Wildman–Crippen MR) is 76.2 cm³/mol. The van der Waals surface area contributed by atoms with Gasteiger partial charge in [0, 0.05) is 28.0 Å². The van der Waals surface area contributed by atoms with E-state index >= 15 is 0 Å². The number of nitro groups is 1. The van der Waals surface area contributed by atoms with Gasteiger partial charge in [0.2, 0.25) is 0 Å². The van der Waals surface area contributed by atoms with Gasteiger partial charge < -0.3 is 5.73 Å². The third kappa shape index (κ3) is 3.34. The van der Waals surface area contributed by atoms with Gasteiger partial charge in [0.25, 0.3) is 5.69 Å². The molecule has 4 nitrogen and oxygen atoms in total. The topological polar surface area (TPSA) is 69.2 Å². The van der Waals surface area contributed by atoms with Gasteiger partial charge in [-0.1, -0.05) is 11.8 Å². The monoisotopic (exact) mass is 292 g/mol. The van der Waals surface area contributed by atoms with Crippen molar-refractivity contribution in [2.24, 2.45) is 5.73 Å². The fourth-order valence-electron chi connectivity index (χ4n) is 1.73. The molecule has 0 fully saturated rings. The number of nitrogens with two attached hydrogens (primary N) is 1. The Balaban J connectivity index is 2.27. The van der Waals surface area contributed by atoms with Crippen molar-refractivity contribution >= 4 is 17.4 Å². The Hall–Kier alpha value is -1.92. The molecule has 0 bridgehead atoms. The van der Waals surface area contributed by atoms with Gasteiger partial charge in [-0.3, -0.25) is 10.1 Å². The summed E-state index contributed by atoms with van der Waals surface area (Å²) in [7, 11) is 0. The summed E-state index contributed by atoms with van der Waals surface area (Å²) >= 11 is 1.40. The molecule has 0 radical (unpaired) electrons. The molecule has 0 aliphatic carbocycles. The maximum atomic E-state index is 13.2. The summed E-state index contributed by atoms with van der Waals surface area (Å²) < 4.78 is 13.2. The standard InChI is InChI=1S/C14H13FN2O2S/c1-9(16)13-8-10(15)2-7-14(13)20-12-5-3-11(4-6-12)17(18)19/h2-9H,16H2,1H3. The highest BCUT2D eigenvalue weighted by Crippen LogP contribution is 2.33. The molecule has 0 amide bonds. The maximum absolute atomic E-state index is 13.2.